The van der Waals surface area contributed by atoms with Crippen molar-refractivity contribution in [1.29, 1.82) is 0 Å². The van der Waals surface area contributed by atoms with Crippen LogP contribution in [0.5, 0.6) is 0 Å². The molecule has 3 nitrogen and oxygen atoms in total. The maximum Gasteiger partial charge on any atom is 0.346 e. The molecule has 0 aliphatic carbocycles. The van der Waals surface area contributed by atoms with Crippen molar-refractivity contribution in [2.75, 3.05) is 13.6 Å². The Morgan fingerprint density at radius 1 is 1.30 bits per heavy atom. The Hall–Kier alpha value is -1.39. The van der Waals surface area contributed by atoms with Crippen LogP contribution in [0.3, 0.4) is 0 Å². The third-order valence-electron chi connectivity index (χ3n) is 3.46. The Labute approximate surface area is 123 Å². The number of unbranched alkanes of at least 4 members (excludes halogenated alkanes) is 2. The standard InChI is InChI=1S/C16H21NO2S/c1-3-4-7-10-17(2)11-13-12-8-5-6-9-14(12)20-15(13)16(18)19/h5-6,8-9H,3-4,7,10-11H2,1-2H3,(H,18,19). The van der Waals surface area contributed by atoms with Crippen LogP contribution in [0, 0.1) is 0 Å². The number of carbonyl (C=O) groups is 1. The number of aromatic carboxylic acids is 1. The maximum atomic E-state index is 11.4. The highest BCUT2D eigenvalue weighted by molar-refractivity contribution is 7.21. The first-order valence-corrected chi connectivity index (χ1v) is 7.87. The van der Waals surface area contributed by atoms with Gasteiger partial charge in [0.05, 0.1) is 0 Å². The molecule has 4 heteroatoms. The molecular weight excluding hydrogens is 270 g/mol. The van der Waals surface area contributed by atoms with Crippen LogP contribution in [0.15, 0.2) is 24.3 Å². The van der Waals surface area contributed by atoms with Crippen LogP contribution < -0.4 is 0 Å². The van der Waals surface area contributed by atoms with E-state index in [2.05, 4.69) is 18.9 Å². The zero-order valence-electron chi connectivity index (χ0n) is 12.1. The van der Waals surface area contributed by atoms with Crippen LogP contribution in [0.4, 0.5) is 0 Å². The largest absolute Gasteiger partial charge is 0.477 e. The molecular formula is C16H21NO2S. The van der Waals surface area contributed by atoms with Crippen LogP contribution in [0.25, 0.3) is 10.1 Å². The summed E-state index contributed by atoms with van der Waals surface area (Å²) in [5.41, 5.74) is 0.956. The molecule has 0 spiro atoms. The quantitative estimate of drug-likeness (QED) is 0.776. The van der Waals surface area contributed by atoms with E-state index in [-0.39, 0.29) is 0 Å². The fraction of sp³-hybridized carbons (Fsp3) is 0.438. The summed E-state index contributed by atoms with van der Waals surface area (Å²) in [6, 6.07) is 7.95. The van der Waals surface area contributed by atoms with Gasteiger partial charge in [0.25, 0.3) is 0 Å². The predicted octanol–water partition coefficient (Wildman–Crippen LogP) is 4.22. The highest BCUT2D eigenvalue weighted by Gasteiger charge is 2.18. The average Bonchev–Trinajstić information content (AvgIpc) is 2.78. The number of hydrogen-bond acceptors (Lipinski definition) is 3. The summed E-state index contributed by atoms with van der Waals surface area (Å²) in [6.45, 7) is 3.90. The van der Waals surface area contributed by atoms with Gasteiger partial charge >= 0.3 is 5.97 Å². The summed E-state index contributed by atoms with van der Waals surface area (Å²) < 4.78 is 1.06. The molecule has 0 bridgehead atoms. The molecule has 1 N–H and O–H groups in total. The summed E-state index contributed by atoms with van der Waals surface area (Å²) in [4.78, 5) is 14.1. The van der Waals surface area contributed by atoms with Crippen molar-refractivity contribution in [2.24, 2.45) is 0 Å². The van der Waals surface area contributed by atoms with E-state index in [0.717, 1.165) is 28.6 Å². The molecule has 20 heavy (non-hydrogen) atoms. The third kappa shape index (κ3) is 3.38. The van der Waals surface area contributed by atoms with E-state index in [1.807, 2.05) is 24.3 Å². The van der Waals surface area contributed by atoms with Gasteiger partial charge in [-0.05, 0) is 37.0 Å². The number of hydrogen-bond donors (Lipinski definition) is 1. The van der Waals surface area contributed by atoms with E-state index >= 15 is 0 Å². The zero-order chi connectivity index (χ0) is 14.5. The first-order valence-electron chi connectivity index (χ1n) is 7.05. The Balaban J connectivity index is 2.23. The van der Waals surface area contributed by atoms with E-state index in [1.165, 1.54) is 24.2 Å². The van der Waals surface area contributed by atoms with E-state index in [1.54, 1.807) is 0 Å². The monoisotopic (exact) mass is 291 g/mol. The second-order valence-electron chi connectivity index (χ2n) is 5.16. The van der Waals surface area contributed by atoms with Crippen molar-refractivity contribution in [3.63, 3.8) is 0 Å². The van der Waals surface area contributed by atoms with E-state index in [0.29, 0.717) is 11.4 Å². The number of thiophene rings is 1. The SMILES string of the molecule is CCCCCN(C)Cc1c(C(=O)O)sc2ccccc12. The second-order valence-corrected chi connectivity index (χ2v) is 6.21. The molecule has 1 heterocycles. The van der Waals surface area contributed by atoms with Gasteiger partial charge in [-0.25, -0.2) is 4.79 Å². The van der Waals surface area contributed by atoms with Gasteiger partial charge in [0.2, 0.25) is 0 Å². The molecule has 0 unspecified atom stereocenters. The molecule has 1 aromatic carbocycles. The Morgan fingerprint density at radius 2 is 2.05 bits per heavy atom. The summed E-state index contributed by atoms with van der Waals surface area (Å²) in [5.74, 6) is -0.817. The molecule has 0 saturated heterocycles. The van der Waals surface area contributed by atoms with E-state index in [9.17, 15) is 9.90 Å². The molecule has 0 fully saturated rings. The van der Waals surface area contributed by atoms with Gasteiger partial charge in [-0.1, -0.05) is 38.0 Å². The number of nitrogens with zero attached hydrogens (tertiary/aromatic N) is 1. The lowest BCUT2D eigenvalue weighted by atomic mass is 10.1. The molecule has 0 aliphatic rings. The first kappa shape index (κ1) is 15.0. The summed E-state index contributed by atoms with van der Waals surface area (Å²) in [7, 11) is 2.06. The van der Waals surface area contributed by atoms with Crippen LogP contribution in [0.1, 0.15) is 41.4 Å². The van der Waals surface area contributed by atoms with Gasteiger partial charge in [0.1, 0.15) is 4.88 Å². The van der Waals surface area contributed by atoms with Crippen molar-refractivity contribution >= 4 is 27.4 Å². The molecule has 2 aromatic rings. The maximum absolute atomic E-state index is 11.4. The van der Waals surface area contributed by atoms with Crippen molar-refractivity contribution in [1.82, 2.24) is 4.90 Å². The summed E-state index contributed by atoms with van der Waals surface area (Å²) >= 11 is 1.38. The summed E-state index contributed by atoms with van der Waals surface area (Å²) in [6.07, 6.45) is 3.59. The minimum absolute atomic E-state index is 0.480. The minimum Gasteiger partial charge on any atom is -0.477 e. The lowest BCUT2D eigenvalue weighted by Crippen LogP contribution is -2.20. The van der Waals surface area contributed by atoms with Gasteiger partial charge < -0.3 is 10.0 Å². The van der Waals surface area contributed by atoms with Gasteiger partial charge in [0.15, 0.2) is 0 Å². The Morgan fingerprint density at radius 3 is 2.75 bits per heavy atom. The number of carboxylic acid groups (broad SMARTS) is 1. The van der Waals surface area contributed by atoms with Crippen molar-refractivity contribution in [3.8, 4) is 0 Å². The second kappa shape index (κ2) is 6.86. The average molecular weight is 291 g/mol. The first-order chi connectivity index (χ1) is 9.63. The van der Waals surface area contributed by atoms with Gasteiger partial charge in [-0.15, -0.1) is 11.3 Å². The normalized spacial score (nSPS) is 11.3. The summed E-state index contributed by atoms with van der Waals surface area (Å²) in [5, 5.41) is 10.5. The van der Waals surface area contributed by atoms with Crippen LogP contribution >= 0.6 is 11.3 Å². The van der Waals surface area contributed by atoms with Gasteiger partial charge in [-0.2, -0.15) is 0 Å². The topological polar surface area (TPSA) is 40.5 Å². The van der Waals surface area contributed by atoms with Crippen molar-refractivity contribution < 1.29 is 9.90 Å². The molecule has 0 amide bonds. The Kier molecular flexibility index (Phi) is 5.15. The minimum atomic E-state index is -0.817. The Bertz CT molecular complexity index is 591. The predicted molar refractivity (Wildman–Crippen MR) is 84.6 cm³/mol. The molecule has 0 atom stereocenters. The van der Waals surface area contributed by atoms with Crippen molar-refractivity contribution in [2.45, 2.75) is 32.7 Å². The number of rotatable bonds is 7. The molecule has 0 radical (unpaired) electrons. The highest BCUT2D eigenvalue weighted by atomic mass is 32.1. The number of benzene rings is 1. The lowest BCUT2D eigenvalue weighted by molar-refractivity contribution is 0.0700. The molecule has 0 saturated carbocycles. The zero-order valence-corrected chi connectivity index (χ0v) is 12.9. The van der Waals surface area contributed by atoms with Crippen LogP contribution in [-0.4, -0.2) is 29.6 Å². The van der Waals surface area contributed by atoms with Gasteiger partial charge in [-0.3, -0.25) is 0 Å². The highest BCUT2D eigenvalue weighted by Crippen LogP contribution is 2.32. The third-order valence-corrected chi connectivity index (χ3v) is 4.67. The van der Waals surface area contributed by atoms with Crippen LogP contribution in [-0.2, 0) is 6.54 Å². The smallest absolute Gasteiger partial charge is 0.346 e. The molecule has 2 rings (SSSR count). The fourth-order valence-corrected chi connectivity index (χ4v) is 3.46. The fourth-order valence-electron chi connectivity index (χ4n) is 2.41. The number of carboxylic acids is 1. The van der Waals surface area contributed by atoms with Gasteiger partial charge in [0, 0.05) is 11.2 Å². The lowest BCUT2D eigenvalue weighted by Gasteiger charge is -2.16. The van der Waals surface area contributed by atoms with Crippen molar-refractivity contribution in [3.05, 3.63) is 34.7 Å². The van der Waals surface area contributed by atoms with E-state index < -0.39 is 5.97 Å². The molecule has 1 aromatic heterocycles. The molecule has 108 valence electrons. The number of fused-ring (bicyclic) bond motifs is 1. The van der Waals surface area contributed by atoms with Crippen LogP contribution in [0.2, 0.25) is 0 Å². The molecule has 0 aliphatic heterocycles. The van der Waals surface area contributed by atoms with E-state index in [4.69, 9.17) is 0 Å².